The van der Waals surface area contributed by atoms with Gasteiger partial charge in [0.15, 0.2) is 0 Å². The molecule has 0 radical (unpaired) electrons. The second-order valence-electron chi connectivity index (χ2n) is 7.39. The molecule has 0 heterocycles. The molecule has 7 nitrogen and oxygen atoms in total. The molecular formula is C17H23BrFN3O4. The molecule has 144 valence electrons. The highest BCUT2D eigenvalue weighted by Gasteiger charge is 2.29. The highest BCUT2D eigenvalue weighted by atomic mass is 79.9. The number of alkyl carbamates (subject to hydrolysis) is 1. The molecule has 0 aromatic heterocycles. The highest BCUT2D eigenvalue weighted by molar-refractivity contribution is 9.10. The number of halogens is 2. The third-order valence-corrected chi connectivity index (χ3v) is 3.19. The Bertz CT molecular complexity index is 711. The number of amides is 2. The lowest BCUT2D eigenvalue weighted by Gasteiger charge is -2.28. The first-order chi connectivity index (χ1) is 11.7. The van der Waals surface area contributed by atoms with E-state index in [0.717, 1.165) is 11.0 Å². The maximum atomic E-state index is 13.5. The minimum atomic E-state index is -0.905. The Morgan fingerprint density at radius 3 is 2.12 bits per heavy atom. The second kappa shape index (κ2) is 8.03. The lowest BCUT2D eigenvalue weighted by Crippen LogP contribution is -2.49. The molecule has 0 fully saturated rings. The molecule has 0 atom stereocenters. The van der Waals surface area contributed by atoms with Crippen molar-refractivity contribution < 1.29 is 23.5 Å². The third kappa shape index (κ3) is 6.99. The Morgan fingerprint density at radius 1 is 1.12 bits per heavy atom. The number of hydrogen-bond donors (Lipinski definition) is 2. The molecule has 9 heteroatoms. The number of carbonyl (C=O) groups is 2. The van der Waals surface area contributed by atoms with Crippen LogP contribution in [0.3, 0.4) is 0 Å². The molecule has 0 aliphatic carbocycles. The first-order valence-corrected chi connectivity index (χ1v) is 8.55. The predicted octanol–water partition coefficient (Wildman–Crippen LogP) is 4.79. The molecule has 0 aliphatic rings. The largest absolute Gasteiger partial charge is 0.444 e. The van der Waals surface area contributed by atoms with E-state index < -0.39 is 35.2 Å². The number of nitrogens with zero attached hydrogens (tertiary/aromatic N) is 1. The van der Waals surface area contributed by atoms with E-state index in [-0.39, 0.29) is 10.2 Å². The Hall–Kier alpha value is -2.16. The maximum Gasteiger partial charge on any atom is 0.421 e. The summed E-state index contributed by atoms with van der Waals surface area (Å²) in [6.45, 7) is 9.98. The molecule has 0 bridgehead atoms. The lowest BCUT2D eigenvalue weighted by atomic mass is 10.2. The molecule has 0 saturated carbocycles. The fraction of sp³-hybridized carbons (Fsp3) is 0.471. The SMILES string of the molecule is CC(C)(C)OC(=O)NC(=N)N(C(=O)OC(C)(C)C)c1ccc(F)c(Br)c1. The molecule has 1 rings (SSSR count). The Balaban J connectivity index is 3.14. The van der Waals surface area contributed by atoms with Crippen LogP contribution >= 0.6 is 15.9 Å². The van der Waals surface area contributed by atoms with Crippen LogP contribution in [0.25, 0.3) is 0 Å². The average molecular weight is 432 g/mol. The summed E-state index contributed by atoms with van der Waals surface area (Å²) in [6.07, 6.45) is -1.81. The fourth-order valence-electron chi connectivity index (χ4n) is 1.71. The van der Waals surface area contributed by atoms with Crippen LogP contribution in [0.5, 0.6) is 0 Å². The van der Waals surface area contributed by atoms with Crippen LogP contribution in [0.2, 0.25) is 0 Å². The van der Waals surface area contributed by atoms with Gasteiger partial charge in [0, 0.05) is 0 Å². The molecule has 2 N–H and O–H groups in total. The van der Waals surface area contributed by atoms with Gasteiger partial charge in [-0.1, -0.05) is 0 Å². The van der Waals surface area contributed by atoms with Crippen molar-refractivity contribution in [2.45, 2.75) is 52.7 Å². The Labute approximate surface area is 160 Å². The zero-order valence-corrected chi connectivity index (χ0v) is 17.2. The van der Waals surface area contributed by atoms with E-state index in [2.05, 4.69) is 21.2 Å². The zero-order chi connectivity index (χ0) is 20.3. The predicted molar refractivity (Wildman–Crippen MR) is 99.9 cm³/mol. The highest BCUT2D eigenvalue weighted by Crippen LogP contribution is 2.25. The van der Waals surface area contributed by atoms with Crippen molar-refractivity contribution in [3.05, 3.63) is 28.5 Å². The van der Waals surface area contributed by atoms with Crippen LogP contribution in [-0.4, -0.2) is 29.3 Å². The summed E-state index contributed by atoms with van der Waals surface area (Å²) in [5, 5.41) is 10.3. The van der Waals surface area contributed by atoms with E-state index in [1.807, 2.05) is 0 Å². The van der Waals surface area contributed by atoms with Gasteiger partial charge in [0.05, 0.1) is 10.2 Å². The maximum absolute atomic E-state index is 13.5. The van der Waals surface area contributed by atoms with Crippen LogP contribution in [-0.2, 0) is 9.47 Å². The molecular weight excluding hydrogens is 409 g/mol. The summed E-state index contributed by atoms with van der Waals surface area (Å²) < 4.78 is 23.9. The van der Waals surface area contributed by atoms with E-state index in [1.165, 1.54) is 12.1 Å². The van der Waals surface area contributed by atoms with Crippen molar-refractivity contribution >= 4 is 39.8 Å². The van der Waals surface area contributed by atoms with Gasteiger partial charge in [-0.2, -0.15) is 0 Å². The summed E-state index contributed by atoms with van der Waals surface area (Å²) in [5.41, 5.74) is -1.48. The van der Waals surface area contributed by atoms with Crippen molar-refractivity contribution in [3.8, 4) is 0 Å². The van der Waals surface area contributed by atoms with Crippen LogP contribution < -0.4 is 10.2 Å². The first kappa shape index (κ1) is 21.9. The van der Waals surface area contributed by atoms with Gasteiger partial charge in [-0.15, -0.1) is 0 Å². The van der Waals surface area contributed by atoms with Crippen LogP contribution in [0.1, 0.15) is 41.5 Å². The second-order valence-corrected chi connectivity index (χ2v) is 8.24. The van der Waals surface area contributed by atoms with Gasteiger partial charge in [0.2, 0.25) is 5.96 Å². The van der Waals surface area contributed by atoms with Gasteiger partial charge in [-0.05, 0) is 75.7 Å². The summed E-state index contributed by atoms with van der Waals surface area (Å²) >= 11 is 3.03. The van der Waals surface area contributed by atoms with E-state index in [0.29, 0.717) is 0 Å². The third-order valence-electron chi connectivity index (χ3n) is 2.58. The van der Waals surface area contributed by atoms with Crippen molar-refractivity contribution in [2.24, 2.45) is 0 Å². The topological polar surface area (TPSA) is 91.7 Å². The lowest BCUT2D eigenvalue weighted by molar-refractivity contribution is 0.0559. The van der Waals surface area contributed by atoms with E-state index in [9.17, 15) is 14.0 Å². The van der Waals surface area contributed by atoms with Gasteiger partial charge in [0.1, 0.15) is 17.0 Å². The number of hydrogen-bond acceptors (Lipinski definition) is 5. The number of nitrogens with one attached hydrogen (secondary N) is 2. The molecule has 1 aromatic rings. The van der Waals surface area contributed by atoms with E-state index >= 15 is 0 Å². The quantitative estimate of drug-likeness (QED) is 0.493. The minimum Gasteiger partial charge on any atom is -0.444 e. The molecule has 0 aliphatic heterocycles. The smallest absolute Gasteiger partial charge is 0.421 e. The summed E-state index contributed by atoms with van der Waals surface area (Å²) in [6, 6.07) is 3.71. The van der Waals surface area contributed by atoms with Crippen molar-refractivity contribution in [3.63, 3.8) is 0 Å². The fourth-order valence-corrected chi connectivity index (χ4v) is 2.08. The number of carbonyl (C=O) groups excluding carboxylic acids is 2. The molecule has 0 spiro atoms. The molecule has 1 aromatic carbocycles. The van der Waals surface area contributed by atoms with E-state index in [4.69, 9.17) is 14.9 Å². The number of anilines is 1. The number of guanidine groups is 1. The Kier molecular flexibility index (Phi) is 6.76. The minimum absolute atomic E-state index is 0.0913. The monoisotopic (exact) mass is 431 g/mol. The van der Waals surface area contributed by atoms with Crippen LogP contribution in [0, 0.1) is 11.2 Å². The van der Waals surface area contributed by atoms with Gasteiger partial charge in [-0.25, -0.2) is 18.9 Å². The first-order valence-electron chi connectivity index (χ1n) is 7.76. The molecule has 26 heavy (non-hydrogen) atoms. The summed E-state index contributed by atoms with van der Waals surface area (Å²) in [4.78, 5) is 25.2. The normalized spacial score (nSPS) is 11.5. The average Bonchev–Trinajstić information content (AvgIpc) is 2.38. The van der Waals surface area contributed by atoms with E-state index in [1.54, 1.807) is 41.5 Å². The summed E-state index contributed by atoms with van der Waals surface area (Å²) in [7, 11) is 0. The van der Waals surface area contributed by atoms with Crippen molar-refractivity contribution in [2.75, 3.05) is 4.90 Å². The molecule has 2 amide bonds. The molecule has 0 saturated heterocycles. The number of ether oxygens (including phenoxy) is 2. The van der Waals surface area contributed by atoms with Gasteiger partial charge >= 0.3 is 12.2 Å². The van der Waals surface area contributed by atoms with Crippen LogP contribution in [0.4, 0.5) is 19.7 Å². The number of rotatable bonds is 1. The molecule has 0 unspecified atom stereocenters. The summed E-state index contributed by atoms with van der Waals surface area (Å²) in [5.74, 6) is -1.13. The zero-order valence-electron chi connectivity index (χ0n) is 15.6. The van der Waals surface area contributed by atoms with Gasteiger partial charge < -0.3 is 9.47 Å². The van der Waals surface area contributed by atoms with Gasteiger partial charge in [0.25, 0.3) is 0 Å². The van der Waals surface area contributed by atoms with Gasteiger partial charge in [-0.3, -0.25) is 10.7 Å². The standard InChI is InChI=1S/C17H23BrFN3O4/c1-16(2,3)25-14(23)21-13(20)22(15(24)26-17(4,5)6)10-7-8-12(19)11(18)9-10/h7-9H,1-6H3,(H2,20,21,23). The Morgan fingerprint density at radius 2 is 1.65 bits per heavy atom. The van der Waals surface area contributed by atoms with Crippen LogP contribution in [0.15, 0.2) is 22.7 Å². The van der Waals surface area contributed by atoms with Crippen molar-refractivity contribution in [1.82, 2.24) is 5.32 Å². The van der Waals surface area contributed by atoms with Crippen molar-refractivity contribution in [1.29, 1.82) is 5.41 Å². The number of benzene rings is 1.